The standard InChI is InChI=1S/C15H23N3S2/c1-11(2)18(12(3)4)8-9-19-10-14-17-13-6-5-7-16-15(13)20-14/h5-7,11-12H,8-10H2,1-4H3. The molecule has 0 bridgehead atoms. The monoisotopic (exact) mass is 309 g/mol. The van der Waals surface area contributed by atoms with Gasteiger partial charge < -0.3 is 0 Å². The van der Waals surface area contributed by atoms with Crippen molar-refractivity contribution < 1.29 is 0 Å². The summed E-state index contributed by atoms with van der Waals surface area (Å²) in [5, 5.41) is 1.18. The van der Waals surface area contributed by atoms with E-state index in [2.05, 4.69) is 42.6 Å². The van der Waals surface area contributed by atoms with Crippen LogP contribution in [0, 0.1) is 0 Å². The highest BCUT2D eigenvalue weighted by molar-refractivity contribution is 7.98. The summed E-state index contributed by atoms with van der Waals surface area (Å²) in [6.07, 6.45) is 1.83. The molecular formula is C15H23N3S2. The minimum atomic E-state index is 0.613. The Morgan fingerprint density at radius 3 is 2.65 bits per heavy atom. The van der Waals surface area contributed by atoms with Gasteiger partial charge in [-0.1, -0.05) is 11.3 Å². The van der Waals surface area contributed by atoms with Gasteiger partial charge in [-0.05, 0) is 39.8 Å². The summed E-state index contributed by atoms with van der Waals surface area (Å²) < 4.78 is 0. The molecule has 0 aliphatic rings. The number of thioether (sulfide) groups is 1. The molecule has 0 N–H and O–H groups in total. The Hall–Kier alpha value is -0.650. The summed E-state index contributed by atoms with van der Waals surface area (Å²) in [5.74, 6) is 2.14. The number of aromatic nitrogens is 2. The molecule has 2 aromatic rings. The summed E-state index contributed by atoms with van der Waals surface area (Å²) in [6, 6.07) is 5.21. The normalized spacial score (nSPS) is 12.2. The van der Waals surface area contributed by atoms with E-state index in [-0.39, 0.29) is 0 Å². The Balaban J connectivity index is 1.81. The van der Waals surface area contributed by atoms with Gasteiger partial charge in [-0.2, -0.15) is 11.8 Å². The summed E-state index contributed by atoms with van der Waals surface area (Å²) in [5.41, 5.74) is 1.03. The van der Waals surface area contributed by atoms with E-state index in [1.54, 1.807) is 11.3 Å². The minimum Gasteiger partial charge on any atom is -0.298 e. The lowest BCUT2D eigenvalue weighted by Gasteiger charge is -2.30. The van der Waals surface area contributed by atoms with Crippen LogP contribution < -0.4 is 0 Å². The molecule has 0 aromatic carbocycles. The third-order valence-corrected chi connectivity index (χ3v) is 5.37. The van der Waals surface area contributed by atoms with Crippen LogP contribution in [0.5, 0.6) is 0 Å². The fraction of sp³-hybridized carbons (Fsp3) is 0.600. The van der Waals surface area contributed by atoms with Crippen LogP contribution in [0.2, 0.25) is 0 Å². The van der Waals surface area contributed by atoms with E-state index < -0.39 is 0 Å². The van der Waals surface area contributed by atoms with Crippen molar-refractivity contribution in [1.82, 2.24) is 14.9 Å². The number of hydrogen-bond acceptors (Lipinski definition) is 5. The van der Waals surface area contributed by atoms with E-state index in [1.165, 1.54) is 5.01 Å². The summed E-state index contributed by atoms with van der Waals surface area (Å²) in [7, 11) is 0. The van der Waals surface area contributed by atoms with Gasteiger partial charge in [-0.15, -0.1) is 0 Å². The van der Waals surface area contributed by atoms with Crippen LogP contribution in [0.4, 0.5) is 0 Å². The molecule has 0 saturated carbocycles. The summed E-state index contributed by atoms with van der Waals surface area (Å²) in [4.78, 5) is 12.5. The first-order chi connectivity index (χ1) is 9.58. The SMILES string of the molecule is CC(C)N(CCSCc1nc2cccnc2s1)C(C)C. The molecule has 0 aliphatic heterocycles. The lowest BCUT2D eigenvalue weighted by molar-refractivity contribution is 0.187. The first-order valence-electron chi connectivity index (χ1n) is 7.12. The van der Waals surface area contributed by atoms with Gasteiger partial charge in [0.2, 0.25) is 0 Å². The molecule has 2 aromatic heterocycles. The second kappa shape index (κ2) is 7.38. The molecule has 0 radical (unpaired) electrons. The van der Waals surface area contributed by atoms with Gasteiger partial charge in [-0.25, -0.2) is 9.97 Å². The van der Waals surface area contributed by atoms with Gasteiger partial charge >= 0.3 is 0 Å². The lowest BCUT2D eigenvalue weighted by Crippen LogP contribution is -2.38. The Morgan fingerprint density at radius 1 is 1.25 bits per heavy atom. The zero-order valence-corrected chi connectivity index (χ0v) is 14.3. The van der Waals surface area contributed by atoms with E-state index in [0.29, 0.717) is 12.1 Å². The molecule has 0 fully saturated rings. The average molecular weight is 310 g/mol. The number of fused-ring (bicyclic) bond motifs is 1. The molecule has 20 heavy (non-hydrogen) atoms. The van der Waals surface area contributed by atoms with E-state index in [9.17, 15) is 0 Å². The third-order valence-electron chi connectivity index (χ3n) is 3.26. The highest BCUT2D eigenvalue weighted by Gasteiger charge is 2.12. The first kappa shape index (κ1) is 15.7. The maximum atomic E-state index is 4.62. The van der Waals surface area contributed by atoms with Crippen LogP contribution in [-0.4, -0.2) is 39.2 Å². The summed E-state index contributed by atoms with van der Waals surface area (Å²) >= 11 is 3.68. The highest BCUT2D eigenvalue weighted by atomic mass is 32.2. The maximum Gasteiger partial charge on any atom is 0.143 e. The van der Waals surface area contributed by atoms with E-state index in [0.717, 1.165) is 28.4 Å². The molecule has 3 nitrogen and oxygen atoms in total. The fourth-order valence-corrected chi connectivity index (χ4v) is 4.23. The Morgan fingerprint density at radius 2 is 2.00 bits per heavy atom. The van der Waals surface area contributed by atoms with Crippen molar-refractivity contribution in [2.24, 2.45) is 0 Å². The molecular weight excluding hydrogens is 286 g/mol. The number of hydrogen-bond donors (Lipinski definition) is 0. The average Bonchev–Trinajstić information content (AvgIpc) is 2.80. The van der Waals surface area contributed by atoms with Crippen LogP contribution in [-0.2, 0) is 5.75 Å². The van der Waals surface area contributed by atoms with Crippen molar-refractivity contribution in [1.29, 1.82) is 0 Å². The highest BCUT2D eigenvalue weighted by Crippen LogP contribution is 2.23. The smallest absolute Gasteiger partial charge is 0.143 e. The zero-order chi connectivity index (χ0) is 14.5. The zero-order valence-electron chi connectivity index (χ0n) is 12.7. The molecule has 110 valence electrons. The Bertz CT molecular complexity index is 496. The quantitative estimate of drug-likeness (QED) is 0.722. The van der Waals surface area contributed by atoms with Crippen molar-refractivity contribution in [2.45, 2.75) is 45.5 Å². The largest absolute Gasteiger partial charge is 0.298 e. The first-order valence-corrected chi connectivity index (χ1v) is 9.09. The van der Waals surface area contributed by atoms with Crippen LogP contribution >= 0.6 is 23.1 Å². The van der Waals surface area contributed by atoms with Crippen LogP contribution in [0.15, 0.2) is 18.3 Å². The third kappa shape index (κ3) is 4.17. The topological polar surface area (TPSA) is 29.0 Å². The van der Waals surface area contributed by atoms with Crippen molar-refractivity contribution in [3.8, 4) is 0 Å². The molecule has 0 aliphatic carbocycles. The predicted octanol–water partition coefficient (Wildman–Crippen LogP) is 4.04. The second-order valence-electron chi connectivity index (χ2n) is 5.41. The molecule has 0 unspecified atom stereocenters. The molecule has 5 heteroatoms. The number of thiazole rings is 1. The molecule has 2 heterocycles. The van der Waals surface area contributed by atoms with Gasteiger partial charge in [0.25, 0.3) is 0 Å². The van der Waals surface area contributed by atoms with Crippen molar-refractivity contribution in [2.75, 3.05) is 12.3 Å². The fourth-order valence-electron chi connectivity index (χ4n) is 2.32. The second-order valence-corrected chi connectivity index (χ2v) is 7.58. The number of pyridine rings is 1. The van der Waals surface area contributed by atoms with E-state index >= 15 is 0 Å². The maximum absolute atomic E-state index is 4.62. The lowest BCUT2D eigenvalue weighted by atomic mass is 10.2. The molecule has 0 amide bonds. The van der Waals surface area contributed by atoms with Crippen molar-refractivity contribution >= 4 is 33.4 Å². The Kier molecular flexibility index (Phi) is 5.81. The van der Waals surface area contributed by atoms with Crippen molar-refractivity contribution in [3.05, 3.63) is 23.3 Å². The van der Waals surface area contributed by atoms with E-state index in [1.807, 2.05) is 30.1 Å². The molecule has 2 rings (SSSR count). The van der Waals surface area contributed by atoms with Crippen LogP contribution in [0.25, 0.3) is 10.3 Å². The Labute approximate surface area is 129 Å². The predicted molar refractivity (Wildman–Crippen MR) is 90.6 cm³/mol. The van der Waals surface area contributed by atoms with Crippen LogP contribution in [0.3, 0.4) is 0 Å². The van der Waals surface area contributed by atoms with E-state index in [4.69, 9.17) is 0 Å². The van der Waals surface area contributed by atoms with Crippen LogP contribution in [0.1, 0.15) is 32.7 Å². The molecule has 0 saturated heterocycles. The summed E-state index contributed by atoms with van der Waals surface area (Å²) in [6.45, 7) is 10.2. The van der Waals surface area contributed by atoms with Gasteiger partial charge in [0.1, 0.15) is 15.4 Å². The van der Waals surface area contributed by atoms with Crippen molar-refractivity contribution in [3.63, 3.8) is 0 Å². The number of nitrogens with zero attached hydrogens (tertiary/aromatic N) is 3. The number of rotatable bonds is 7. The van der Waals surface area contributed by atoms with Gasteiger partial charge in [-0.3, -0.25) is 4.90 Å². The van der Waals surface area contributed by atoms with Gasteiger partial charge in [0.05, 0.1) is 0 Å². The molecule has 0 spiro atoms. The van der Waals surface area contributed by atoms with Gasteiger partial charge in [0, 0.05) is 36.3 Å². The molecule has 0 atom stereocenters. The minimum absolute atomic E-state index is 0.613. The van der Waals surface area contributed by atoms with Gasteiger partial charge in [0.15, 0.2) is 0 Å².